The molecule has 0 aliphatic rings. The van der Waals surface area contributed by atoms with Crippen LogP contribution < -0.4 is 5.73 Å². The third-order valence-corrected chi connectivity index (χ3v) is 2.96. The Bertz CT molecular complexity index is 590. The maximum Gasteiger partial charge on any atom is 0.326 e. The van der Waals surface area contributed by atoms with Crippen LogP contribution in [0.1, 0.15) is 26.1 Å². The summed E-state index contributed by atoms with van der Waals surface area (Å²) in [5.41, 5.74) is 8.21. The molecule has 0 radical (unpaired) electrons. The van der Waals surface area contributed by atoms with Crippen LogP contribution in [0.5, 0.6) is 0 Å². The molecule has 5 nitrogen and oxygen atoms in total. The van der Waals surface area contributed by atoms with Gasteiger partial charge in [0.25, 0.3) is 0 Å². The number of aryl methyl sites for hydroxylation is 1. The van der Waals surface area contributed by atoms with Crippen molar-refractivity contribution in [3.8, 4) is 0 Å². The predicted molar refractivity (Wildman–Crippen MR) is 74.8 cm³/mol. The molecule has 0 unspecified atom stereocenters. The zero-order valence-corrected chi connectivity index (χ0v) is 11.3. The van der Waals surface area contributed by atoms with Gasteiger partial charge in [0.1, 0.15) is 17.9 Å². The van der Waals surface area contributed by atoms with Crippen LogP contribution in [-0.4, -0.2) is 22.1 Å². The number of esters is 1. The second-order valence-corrected chi connectivity index (χ2v) is 4.38. The molecule has 19 heavy (non-hydrogen) atoms. The van der Waals surface area contributed by atoms with Crippen molar-refractivity contribution in [2.24, 2.45) is 0 Å². The molecule has 5 heteroatoms. The second kappa shape index (κ2) is 5.73. The summed E-state index contributed by atoms with van der Waals surface area (Å²) >= 11 is 0. The molecule has 1 aromatic heterocycles. The van der Waals surface area contributed by atoms with Crippen molar-refractivity contribution in [2.45, 2.75) is 33.2 Å². The first-order valence-corrected chi connectivity index (χ1v) is 6.56. The SMILES string of the molecule is CCCc1nc2c(N)cccc2n1CC(=O)OCC. The fourth-order valence-corrected chi connectivity index (χ4v) is 2.14. The number of para-hydroxylation sites is 1. The van der Waals surface area contributed by atoms with Gasteiger partial charge in [0.15, 0.2) is 0 Å². The van der Waals surface area contributed by atoms with Crippen LogP contribution in [0.3, 0.4) is 0 Å². The molecule has 0 saturated carbocycles. The number of anilines is 1. The number of rotatable bonds is 5. The molecule has 0 amide bonds. The molecule has 102 valence electrons. The highest BCUT2D eigenvalue weighted by Gasteiger charge is 2.14. The zero-order chi connectivity index (χ0) is 13.8. The van der Waals surface area contributed by atoms with E-state index in [-0.39, 0.29) is 12.5 Å². The van der Waals surface area contributed by atoms with Gasteiger partial charge in [-0.05, 0) is 25.5 Å². The number of benzene rings is 1. The van der Waals surface area contributed by atoms with Crippen LogP contribution in [0.4, 0.5) is 5.69 Å². The second-order valence-electron chi connectivity index (χ2n) is 4.38. The van der Waals surface area contributed by atoms with Crippen molar-refractivity contribution < 1.29 is 9.53 Å². The van der Waals surface area contributed by atoms with E-state index >= 15 is 0 Å². The van der Waals surface area contributed by atoms with Crippen LogP contribution in [0, 0.1) is 0 Å². The average Bonchev–Trinajstić information content (AvgIpc) is 2.71. The van der Waals surface area contributed by atoms with Gasteiger partial charge in [-0.3, -0.25) is 4.79 Å². The van der Waals surface area contributed by atoms with E-state index in [4.69, 9.17) is 10.5 Å². The van der Waals surface area contributed by atoms with Gasteiger partial charge in [-0.2, -0.15) is 0 Å². The van der Waals surface area contributed by atoms with Crippen molar-refractivity contribution in [1.82, 2.24) is 9.55 Å². The number of nitrogens with two attached hydrogens (primary N) is 1. The highest BCUT2D eigenvalue weighted by atomic mass is 16.5. The summed E-state index contributed by atoms with van der Waals surface area (Å²) in [5.74, 6) is 0.630. The van der Waals surface area contributed by atoms with E-state index in [1.54, 1.807) is 6.92 Å². The van der Waals surface area contributed by atoms with Gasteiger partial charge in [-0.25, -0.2) is 4.98 Å². The van der Waals surface area contributed by atoms with Gasteiger partial charge in [-0.1, -0.05) is 13.0 Å². The molecule has 0 spiro atoms. The Morgan fingerprint density at radius 3 is 2.89 bits per heavy atom. The number of hydrogen-bond donors (Lipinski definition) is 1. The minimum Gasteiger partial charge on any atom is -0.465 e. The number of carbonyl (C=O) groups is 1. The Morgan fingerprint density at radius 2 is 2.21 bits per heavy atom. The van der Waals surface area contributed by atoms with E-state index < -0.39 is 0 Å². The molecule has 0 aliphatic heterocycles. The fourth-order valence-electron chi connectivity index (χ4n) is 2.14. The molecule has 0 fully saturated rings. The predicted octanol–water partition coefficient (Wildman–Crippen LogP) is 2.13. The number of imidazole rings is 1. The third-order valence-electron chi connectivity index (χ3n) is 2.96. The largest absolute Gasteiger partial charge is 0.465 e. The normalized spacial score (nSPS) is 10.8. The lowest BCUT2D eigenvalue weighted by Gasteiger charge is -2.08. The molecule has 1 aromatic carbocycles. The number of fused-ring (bicyclic) bond motifs is 1. The highest BCUT2D eigenvalue weighted by molar-refractivity contribution is 5.88. The van der Waals surface area contributed by atoms with Gasteiger partial charge < -0.3 is 15.0 Å². The molecule has 1 heterocycles. The van der Waals surface area contributed by atoms with Crippen LogP contribution in [-0.2, 0) is 22.5 Å². The lowest BCUT2D eigenvalue weighted by molar-refractivity contribution is -0.143. The molecule has 2 aromatic rings. The highest BCUT2D eigenvalue weighted by Crippen LogP contribution is 2.22. The quantitative estimate of drug-likeness (QED) is 0.661. The molecular formula is C14H19N3O2. The van der Waals surface area contributed by atoms with Gasteiger partial charge in [0.05, 0.1) is 17.8 Å². The minimum absolute atomic E-state index is 0.184. The monoisotopic (exact) mass is 261 g/mol. The minimum atomic E-state index is -0.249. The lowest BCUT2D eigenvalue weighted by Crippen LogP contribution is -2.15. The Balaban J connectivity index is 2.46. The molecule has 0 aliphatic carbocycles. The molecule has 0 atom stereocenters. The fraction of sp³-hybridized carbons (Fsp3) is 0.429. The summed E-state index contributed by atoms with van der Waals surface area (Å²) < 4.78 is 6.90. The molecule has 0 saturated heterocycles. The maximum absolute atomic E-state index is 11.7. The van der Waals surface area contributed by atoms with Crippen molar-refractivity contribution in [2.75, 3.05) is 12.3 Å². The summed E-state index contributed by atoms with van der Waals surface area (Å²) in [5, 5.41) is 0. The van der Waals surface area contributed by atoms with Crippen LogP contribution in [0.2, 0.25) is 0 Å². The van der Waals surface area contributed by atoms with E-state index in [1.807, 2.05) is 22.8 Å². The van der Waals surface area contributed by atoms with E-state index in [9.17, 15) is 4.79 Å². The van der Waals surface area contributed by atoms with E-state index in [0.717, 1.165) is 29.7 Å². The number of ether oxygens (including phenoxy) is 1. The molecule has 0 bridgehead atoms. The smallest absolute Gasteiger partial charge is 0.326 e. The summed E-state index contributed by atoms with van der Waals surface area (Å²) in [6.45, 7) is 4.45. The summed E-state index contributed by atoms with van der Waals surface area (Å²) in [7, 11) is 0. The number of carbonyl (C=O) groups excluding carboxylic acids is 1. The Morgan fingerprint density at radius 1 is 1.42 bits per heavy atom. The molecule has 2 N–H and O–H groups in total. The summed E-state index contributed by atoms with van der Waals surface area (Å²) in [4.78, 5) is 16.2. The maximum atomic E-state index is 11.7. The zero-order valence-electron chi connectivity index (χ0n) is 11.3. The van der Waals surface area contributed by atoms with Crippen LogP contribution >= 0.6 is 0 Å². The Hall–Kier alpha value is -2.04. The molecular weight excluding hydrogens is 242 g/mol. The first kappa shape index (κ1) is 13.4. The number of nitrogen functional groups attached to an aromatic ring is 1. The van der Waals surface area contributed by atoms with Gasteiger partial charge in [-0.15, -0.1) is 0 Å². The van der Waals surface area contributed by atoms with E-state index in [2.05, 4.69) is 11.9 Å². The van der Waals surface area contributed by atoms with Crippen molar-refractivity contribution in [3.63, 3.8) is 0 Å². The van der Waals surface area contributed by atoms with E-state index in [0.29, 0.717) is 12.3 Å². The average molecular weight is 261 g/mol. The summed E-state index contributed by atoms with van der Waals surface area (Å²) in [6.07, 6.45) is 1.78. The first-order valence-electron chi connectivity index (χ1n) is 6.56. The van der Waals surface area contributed by atoms with Crippen molar-refractivity contribution in [3.05, 3.63) is 24.0 Å². The standard InChI is InChI=1S/C14H19N3O2/c1-3-6-12-16-14-10(15)7-5-8-11(14)17(12)9-13(18)19-4-2/h5,7-8H,3-4,6,9,15H2,1-2H3. The van der Waals surface area contributed by atoms with Gasteiger partial charge in [0, 0.05) is 6.42 Å². The summed E-state index contributed by atoms with van der Waals surface area (Å²) in [6, 6.07) is 5.62. The molecule has 2 rings (SSSR count). The van der Waals surface area contributed by atoms with Crippen LogP contribution in [0.15, 0.2) is 18.2 Å². The number of aromatic nitrogens is 2. The van der Waals surface area contributed by atoms with E-state index in [1.165, 1.54) is 0 Å². The van der Waals surface area contributed by atoms with Crippen molar-refractivity contribution in [1.29, 1.82) is 0 Å². The van der Waals surface area contributed by atoms with Gasteiger partial charge >= 0.3 is 5.97 Å². The number of hydrogen-bond acceptors (Lipinski definition) is 4. The van der Waals surface area contributed by atoms with Gasteiger partial charge in [0.2, 0.25) is 0 Å². The number of nitrogens with zero attached hydrogens (tertiary/aromatic N) is 2. The lowest BCUT2D eigenvalue weighted by atomic mass is 10.3. The first-order chi connectivity index (χ1) is 9.17. The van der Waals surface area contributed by atoms with Crippen molar-refractivity contribution >= 4 is 22.7 Å². The Labute approximate surface area is 112 Å². The third kappa shape index (κ3) is 2.70. The topological polar surface area (TPSA) is 70.1 Å². The Kier molecular flexibility index (Phi) is 4.04. The van der Waals surface area contributed by atoms with Crippen LogP contribution in [0.25, 0.3) is 11.0 Å².